The third kappa shape index (κ3) is 6.74. The molecule has 39 heavy (non-hydrogen) atoms. The summed E-state index contributed by atoms with van der Waals surface area (Å²) in [7, 11) is 0. The van der Waals surface area contributed by atoms with Gasteiger partial charge < -0.3 is 14.2 Å². The first-order valence-electron chi connectivity index (χ1n) is 13.6. The van der Waals surface area contributed by atoms with Crippen LogP contribution in [0.3, 0.4) is 0 Å². The molecule has 0 unspecified atom stereocenters. The van der Waals surface area contributed by atoms with Gasteiger partial charge >= 0.3 is 5.63 Å². The van der Waals surface area contributed by atoms with Gasteiger partial charge in [0.2, 0.25) is 0 Å². The molecule has 0 N–H and O–H groups in total. The molecule has 1 heterocycles. The second-order valence-electron chi connectivity index (χ2n) is 9.30. The number of allylic oxidation sites excluding steroid dienone is 1. The number of hydrogen-bond donors (Lipinski definition) is 0. The van der Waals surface area contributed by atoms with Gasteiger partial charge in [0.25, 0.3) is 0 Å². The summed E-state index contributed by atoms with van der Waals surface area (Å²) in [6.45, 7) is 12.2. The van der Waals surface area contributed by atoms with Crippen LogP contribution in [0.25, 0.3) is 29.2 Å². The number of nitrogens with zero attached hydrogens (tertiary/aromatic N) is 2. The highest BCUT2D eigenvalue weighted by Gasteiger charge is 2.13. The topological polar surface area (TPSA) is 53.8 Å². The Bertz CT molecular complexity index is 1520. The van der Waals surface area contributed by atoms with Crippen LogP contribution in [0.5, 0.6) is 0 Å². The highest BCUT2D eigenvalue weighted by molar-refractivity contribution is 6.07. The fourth-order valence-electron chi connectivity index (χ4n) is 4.61. The molecule has 0 fully saturated rings. The first-order valence-corrected chi connectivity index (χ1v) is 13.6. The Kier molecular flexibility index (Phi) is 9.16. The summed E-state index contributed by atoms with van der Waals surface area (Å²) in [5, 5.41) is 0.723. The molecule has 4 aromatic rings. The van der Waals surface area contributed by atoms with Gasteiger partial charge in [0, 0.05) is 49.0 Å². The van der Waals surface area contributed by atoms with Gasteiger partial charge in [0.15, 0.2) is 5.78 Å². The molecule has 0 spiro atoms. The highest BCUT2D eigenvalue weighted by Crippen LogP contribution is 2.22. The van der Waals surface area contributed by atoms with Crippen molar-refractivity contribution in [2.24, 2.45) is 0 Å². The molecule has 5 nitrogen and oxygen atoms in total. The van der Waals surface area contributed by atoms with Crippen molar-refractivity contribution in [3.63, 3.8) is 0 Å². The molecule has 0 aliphatic carbocycles. The minimum absolute atomic E-state index is 0.0286. The molecule has 0 amide bonds. The number of rotatable bonds is 11. The monoisotopic (exact) mass is 520 g/mol. The van der Waals surface area contributed by atoms with Crippen LogP contribution in [-0.2, 0) is 0 Å². The minimum atomic E-state index is -0.625. The van der Waals surface area contributed by atoms with Gasteiger partial charge in [-0.15, -0.1) is 0 Å². The van der Waals surface area contributed by atoms with Gasteiger partial charge in [-0.2, -0.15) is 0 Å². The minimum Gasteiger partial charge on any atom is -0.422 e. The fourth-order valence-corrected chi connectivity index (χ4v) is 4.61. The van der Waals surface area contributed by atoms with Crippen LogP contribution < -0.4 is 15.4 Å². The van der Waals surface area contributed by atoms with Crippen molar-refractivity contribution >= 4 is 46.4 Å². The van der Waals surface area contributed by atoms with Crippen LogP contribution in [0.15, 0.2) is 88.1 Å². The molecule has 0 bridgehead atoms. The van der Waals surface area contributed by atoms with Crippen LogP contribution in [0, 0.1) is 0 Å². The van der Waals surface area contributed by atoms with E-state index in [0.717, 1.165) is 53.9 Å². The summed E-state index contributed by atoms with van der Waals surface area (Å²) < 4.78 is 5.51. The Labute approximate surface area is 230 Å². The van der Waals surface area contributed by atoms with Gasteiger partial charge in [0.1, 0.15) is 11.1 Å². The lowest BCUT2D eigenvalue weighted by Gasteiger charge is -2.20. The van der Waals surface area contributed by atoms with Gasteiger partial charge in [-0.05, 0) is 80.8 Å². The Morgan fingerprint density at radius 1 is 0.667 bits per heavy atom. The average molecular weight is 521 g/mol. The Morgan fingerprint density at radius 2 is 1.15 bits per heavy atom. The predicted molar refractivity (Wildman–Crippen MR) is 165 cm³/mol. The number of hydrogen-bond acceptors (Lipinski definition) is 5. The van der Waals surface area contributed by atoms with Crippen molar-refractivity contribution in [3.05, 3.63) is 112 Å². The molecule has 4 rings (SSSR count). The summed E-state index contributed by atoms with van der Waals surface area (Å²) in [6.07, 6.45) is 7.29. The van der Waals surface area contributed by atoms with E-state index in [1.807, 2.05) is 42.5 Å². The molecule has 3 aromatic carbocycles. The molecule has 0 atom stereocenters. The lowest BCUT2D eigenvalue weighted by Crippen LogP contribution is -2.21. The van der Waals surface area contributed by atoms with Crippen LogP contribution in [0.1, 0.15) is 54.7 Å². The number of anilines is 2. The molecule has 200 valence electrons. The van der Waals surface area contributed by atoms with Crippen molar-refractivity contribution in [2.75, 3.05) is 36.0 Å². The van der Waals surface area contributed by atoms with Crippen molar-refractivity contribution < 1.29 is 9.21 Å². The van der Waals surface area contributed by atoms with E-state index in [-0.39, 0.29) is 11.3 Å². The molecule has 0 aliphatic rings. The lowest BCUT2D eigenvalue weighted by atomic mass is 10.1. The van der Waals surface area contributed by atoms with E-state index in [1.54, 1.807) is 12.1 Å². The maximum absolute atomic E-state index is 12.8. The van der Waals surface area contributed by atoms with E-state index in [1.165, 1.54) is 11.8 Å². The normalized spacial score (nSPS) is 11.5. The first-order chi connectivity index (χ1) is 18.9. The zero-order valence-corrected chi connectivity index (χ0v) is 23.2. The summed E-state index contributed by atoms with van der Waals surface area (Å²) in [6, 6.07) is 23.8. The smallest absolute Gasteiger partial charge is 0.347 e. The van der Waals surface area contributed by atoms with Crippen molar-refractivity contribution in [2.45, 2.75) is 27.7 Å². The van der Waals surface area contributed by atoms with Crippen LogP contribution in [0.2, 0.25) is 0 Å². The molecule has 0 saturated heterocycles. The van der Waals surface area contributed by atoms with E-state index in [4.69, 9.17) is 4.42 Å². The second kappa shape index (κ2) is 12.9. The zero-order chi connectivity index (χ0) is 27.8. The molecule has 0 aliphatic heterocycles. The molecule has 0 radical (unpaired) electrons. The van der Waals surface area contributed by atoms with E-state index < -0.39 is 5.63 Å². The maximum Gasteiger partial charge on any atom is 0.347 e. The zero-order valence-electron chi connectivity index (χ0n) is 23.2. The van der Waals surface area contributed by atoms with Gasteiger partial charge in [-0.25, -0.2) is 4.79 Å². The molecular weight excluding hydrogens is 484 g/mol. The SMILES string of the molecule is CCN(CC)c1ccc(/C=C/c2ccc(/C=C/C(=O)c3cc4ccc(N(CC)CC)cc4oc3=O)cc2)cc1. The highest BCUT2D eigenvalue weighted by atomic mass is 16.4. The second-order valence-corrected chi connectivity index (χ2v) is 9.30. The van der Waals surface area contributed by atoms with E-state index in [0.29, 0.717) is 5.58 Å². The molecule has 5 heteroatoms. The van der Waals surface area contributed by atoms with Gasteiger partial charge in [-0.3, -0.25) is 4.79 Å². The fraction of sp³-hybridized carbons (Fsp3) is 0.235. The summed E-state index contributed by atoms with van der Waals surface area (Å²) in [5.41, 5.74) is 5.17. The van der Waals surface area contributed by atoms with E-state index in [9.17, 15) is 9.59 Å². The van der Waals surface area contributed by atoms with Gasteiger partial charge in [-0.1, -0.05) is 54.6 Å². The largest absolute Gasteiger partial charge is 0.422 e. The Morgan fingerprint density at radius 3 is 1.72 bits per heavy atom. The number of ketones is 1. The quantitative estimate of drug-likeness (QED) is 0.0884. The third-order valence-electron chi connectivity index (χ3n) is 6.97. The third-order valence-corrected chi connectivity index (χ3v) is 6.97. The van der Waals surface area contributed by atoms with Crippen LogP contribution >= 0.6 is 0 Å². The Hall–Kier alpha value is -4.38. The summed E-state index contributed by atoms with van der Waals surface area (Å²) >= 11 is 0. The number of fused-ring (bicyclic) bond motifs is 1. The number of carbonyl (C=O) groups is 1. The van der Waals surface area contributed by atoms with E-state index in [2.05, 4.69) is 73.9 Å². The lowest BCUT2D eigenvalue weighted by molar-refractivity contribution is 0.104. The molecule has 0 saturated carbocycles. The van der Waals surface area contributed by atoms with Crippen LogP contribution in [0.4, 0.5) is 11.4 Å². The number of carbonyl (C=O) groups excluding carboxylic acids is 1. The van der Waals surface area contributed by atoms with Crippen molar-refractivity contribution in [1.82, 2.24) is 0 Å². The van der Waals surface area contributed by atoms with Crippen molar-refractivity contribution in [1.29, 1.82) is 0 Å². The predicted octanol–water partition coefficient (Wildman–Crippen LogP) is 7.55. The van der Waals surface area contributed by atoms with Crippen molar-refractivity contribution in [3.8, 4) is 0 Å². The van der Waals surface area contributed by atoms with Crippen LogP contribution in [-0.4, -0.2) is 32.0 Å². The Balaban J connectivity index is 1.43. The first kappa shape index (κ1) is 27.6. The standard InChI is InChI=1S/C34H36N2O3/c1-5-35(6-2)29-19-15-27(16-20-29)14-11-25-9-12-26(13-10-25)17-22-32(37)31-23-28-18-21-30(36(7-3)8-4)24-33(28)39-34(31)38/h9-24H,5-8H2,1-4H3/b14-11+,22-17+. The molecular formula is C34H36N2O3. The van der Waals surface area contributed by atoms with E-state index >= 15 is 0 Å². The molecule has 1 aromatic heterocycles. The summed E-state index contributed by atoms with van der Waals surface area (Å²) in [4.78, 5) is 29.9. The maximum atomic E-state index is 12.8. The average Bonchev–Trinajstić information content (AvgIpc) is 2.97. The van der Waals surface area contributed by atoms with Gasteiger partial charge in [0.05, 0.1) is 0 Å². The summed E-state index contributed by atoms with van der Waals surface area (Å²) in [5.74, 6) is -0.379. The number of benzene rings is 3.